The molecule has 0 unspecified atom stereocenters. The first-order valence-electron chi connectivity index (χ1n) is 5.95. The highest BCUT2D eigenvalue weighted by atomic mass is 32.2. The van der Waals surface area contributed by atoms with Crippen molar-refractivity contribution in [2.24, 2.45) is 0 Å². The number of rotatable bonds is 5. The van der Waals surface area contributed by atoms with E-state index in [0.29, 0.717) is 34.8 Å². The number of nitriles is 1. The van der Waals surface area contributed by atoms with E-state index in [0.717, 1.165) is 5.56 Å². The summed E-state index contributed by atoms with van der Waals surface area (Å²) in [7, 11) is 0. The van der Waals surface area contributed by atoms with Crippen molar-refractivity contribution in [3.63, 3.8) is 0 Å². The molecule has 20 heavy (non-hydrogen) atoms. The Bertz CT molecular complexity index is 606. The molecule has 0 fully saturated rings. The maximum absolute atomic E-state index is 8.44. The van der Waals surface area contributed by atoms with Crippen LogP contribution in [0.25, 0.3) is 11.5 Å². The van der Waals surface area contributed by atoms with Gasteiger partial charge in [0.2, 0.25) is 11.8 Å². The van der Waals surface area contributed by atoms with Gasteiger partial charge in [0, 0.05) is 17.7 Å². The van der Waals surface area contributed by atoms with Crippen molar-refractivity contribution >= 4 is 28.3 Å². The highest BCUT2D eigenvalue weighted by molar-refractivity contribution is 8.22. The summed E-state index contributed by atoms with van der Waals surface area (Å²) < 4.78 is 6.16. The second-order valence-electron chi connectivity index (χ2n) is 3.76. The number of hydrogen-bond donors (Lipinski definition) is 1. The van der Waals surface area contributed by atoms with Gasteiger partial charge in [-0.3, -0.25) is 0 Å². The van der Waals surface area contributed by atoms with Gasteiger partial charge in [-0.1, -0.05) is 42.2 Å². The second-order valence-corrected chi connectivity index (χ2v) is 5.54. The summed E-state index contributed by atoms with van der Waals surface area (Å²) in [6, 6.07) is 11.6. The van der Waals surface area contributed by atoms with E-state index in [9.17, 15) is 0 Å². The van der Waals surface area contributed by atoms with Crippen LogP contribution in [0.3, 0.4) is 0 Å². The van der Waals surface area contributed by atoms with Gasteiger partial charge in [0.25, 0.3) is 0 Å². The lowest BCUT2D eigenvalue weighted by atomic mass is 10.2. The normalized spacial score (nSPS) is 9.95. The van der Waals surface area contributed by atoms with Gasteiger partial charge >= 0.3 is 0 Å². The number of benzene rings is 1. The largest absolute Gasteiger partial charge is 0.419 e. The van der Waals surface area contributed by atoms with Crippen LogP contribution in [0.2, 0.25) is 0 Å². The third-order valence-electron chi connectivity index (χ3n) is 2.32. The van der Waals surface area contributed by atoms with Crippen molar-refractivity contribution in [2.75, 3.05) is 5.75 Å². The van der Waals surface area contributed by atoms with E-state index in [1.165, 1.54) is 11.8 Å². The Morgan fingerprint density at radius 2 is 2.15 bits per heavy atom. The quantitative estimate of drug-likeness (QED) is 0.672. The summed E-state index contributed by atoms with van der Waals surface area (Å²) in [5.74, 6) is 1.65. The van der Waals surface area contributed by atoms with Gasteiger partial charge in [-0.25, -0.2) is 0 Å². The molecule has 1 aromatic heterocycles. The molecule has 0 saturated carbocycles. The van der Waals surface area contributed by atoms with E-state index < -0.39 is 0 Å². The van der Waals surface area contributed by atoms with Gasteiger partial charge in [0.05, 0.1) is 12.6 Å². The van der Waals surface area contributed by atoms with Crippen LogP contribution >= 0.6 is 24.0 Å². The van der Waals surface area contributed by atoms with Crippen molar-refractivity contribution in [3.05, 3.63) is 36.2 Å². The highest BCUT2D eigenvalue weighted by Gasteiger charge is 2.08. The van der Waals surface area contributed by atoms with E-state index in [2.05, 4.69) is 21.6 Å². The van der Waals surface area contributed by atoms with Crippen LogP contribution < -0.4 is 5.32 Å². The number of hydrogen-bond acceptors (Lipinski definition) is 6. The van der Waals surface area contributed by atoms with Crippen molar-refractivity contribution in [1.29, 1.82) is 5.26 Å². The van der Waals surface area contributed by atoms with Crippen molar-refractivity contribution in [2.45, 2.75) is 13.0 Å². The minimum atomic E-state index is 0.387. The molecule has 0 radical (unpaired) electrons. The van der Waals surface area contributed by atoms with E-state index in [1.807, 2.05) is 30.3 Å². The van der Waals surface area contributed by atoms with Gasteiger partial charge in [-0.15, -0.1) is 10.2 Å². The maximum atomic E-state index is 8.44. The van der Waals surface area contributed by atoms with E-state index in [1.54, 1.807) is 0 Å². The zero-order valence-electron chi connectivity index (χ0n) is 10.6. The predicted octanol–water partition coefficient (Wildman–Crippen LogP) is 2.76. The number of nitrogens with zero attached hydrogens (tertiary/aromatic N) is 3. The van der Waals surface area contributed by atoms with E-state index in [4.69, 9.17) is 21.9 Å². The molecule has 102 valence electrons. The Morgan fingerprint density at radius 3 is 2.90 bits per heavy atom. The second kappa shape index (κ2) is 7.62. The SMILES string of the molecule is N#CCCSC(=S)NCc1nnc(-c2ccccc2)o1. The first-order valence-corrected chi connectivity index (χ1v) is 7.34. The van der Waals surface area contributed by atoms with E-state index >= 15 is 0 Å². The number of thiocarbonyl (C=S) groups is 1. The van der Waals surface area contributed by atoms with Crippen LogP contribution in [0.5, 0.6) is 0 Å². The third-order valence-corrected chi connectivity index (χ3v) is 3.63. The fourth-order valence-corrected chi connectivity index (χ4v) is 2.29. The van der Waals surface area contributed by atoms with Crippen LogP contribution in [-0.2, 0) is 6.54 Å². The lowest BCUT2D eigenvalue weighted by Gasteiger charge is -2.02. The van der Waals surface area contributed by atoms with Crippen LogP contribution in [0.15, 0.2) is 34.7 Å². The number of nitrogens with one attached hydrogen (secondary N) is 1. The number of aromatic nitrogens is 2. The highest BCUT2D eigenvalue weighted by Crippen LogP contribution is 2.16. The summed E-state index contributed by atoms with van der Waals surface area (Å²) in [5.41, 5.74) is 0.886. The number of thioether (sulfide) groups is 1. The first-order chi connectivity index (χ1) is 9.79. The molecule has 7 heteroatoms. The molecule has 5 nitrogen and oxygen atoms in total. The van der Waals surface area contributed by atoms with Gasteiger partial charge in [0.15, 0.2) is 0 Å². The molecule has 1 heterocycles. The lowest BCUT2D eigenvalue weighted by molar-refractivity contribution is 0.500. The van der Waals surface area contributed by atoms with Crippen LogP contribution in [0, 0.1) is 11.3 Å². The fourth-order valence-electron chi connectivity index (χ4n) is 1.41. The predicted molar refractivity (Wildman–Crippen MR) is 81.9 cm³/mol. The molecule has 1 aromatic carbocycles. The van der Waals surface area contributed by atoms with Gasteiger partial charge in [-0.2, -0.15) is 5.26 Å². The van der Waals surface area contributed by atoms with Gasteiger partial charge in [0.1, 0.15) is 4.32 Å². The Balaban J connectivity index is 1.85. The molecule has 0 bridgehead atoms. The summed E-state index contributed by atoms with van der Waals surface area (Å²) >= 11 is 6.55. The minimum absolute atomic E-state index is 0.387. The van der Waals surface area contributed by atoms with Crippen molar-refractivity contribution in [1.82, 2.24) is 15.5 Å². The summed E-state index contributed by atoms with van der Waals surface area (Å²) in [6.07, 6.45) is 0.477. The molecular weight excluding hydrogens is 292 g/mol. The molecule has 0 spiro atoms. The average Bonchev–Trinajstić information content (AvgIpc) is 2.95. The molecule has 0 saturated heterocycles. The van der Waals surface area contributed by atoms with Crippen LogP contribution in [0.4, 0.5) is 0 Å². The topological polar surface area (TPSA) is 74.7 Å². The zero-order chi connectivity index (χ0) is 14.2. The average molecular weight is 304 g/mol. The van der Waals surface area contributed by atoms with Crippen LogP contribution in [0.1, 0.15) is 12.3 Å². The Hall–Kier alpha value is -1.91. The smallest absolute Gasteiger partial charge is 0.247 e. The lowest BCUT2D eigenvalue weighted by Crippen LogP contribution is -2.18. The molecule has 0 amide bonds. The van der Waals surface area contributed by atoms with Crippen LogP contribution in [-0.4, -0.2) is 20.3 Å². The Kier molecular flexibility index (Phi) is 5.53. The molecule has 0 atom stereocenters. The summed E-state index contributed by atoms with van der Waals surface area (Å²) in [6.45, 7) is 0.387. The molecular formula is C13H12N4OS2. The van der Waals surface area contributed by atoms with Crippen molar-refractivity contribution in [3.8, 4) is 17.5 Å². The maximum Gasteiger partial charge on any atom is 0.247 e. The Labute approximate surface area is 126 Å². The van der Waals surface area contributed by atoms with Gasteiger partial charge < -0.3 is 9.73 Å². The molecule has 2 rings (SSSR count). The summed E-state index contributed by atoms with van der Waals surface area (Å²) in [4.78, 5) is 0. The van der Waals surface area contributed by atoms with Gasteiger partial charge in [-0.05, 0) is 12.1 Å². The third kappa shape index (κ3) is 4.33. The molecule has 0 aliphatic carbocycles. The first kappa shape index (κ1) is 14.5. The summed E-state index contributed by atoms with van der Waals surface area (Å²) in [5, 5.41) is 19.4. The molecule has 0 aliphatic rings. The Morgan fingerprint density at radius 1 is 1.35 bits per heavy atom. The standard InChI is InChI=1S/C13H12N4OS2/c14-7-4-8-20-13(19)15-9-11-16-17-12(18-11)10-5-2-1-3-6-10/h1-3,5-6H,4,8-9H2,(H,15,19). The molecule has 1 N–H and O–H groups in total. The zero-order valence-corrected chi connectivity index (χ0v) is 12.2. The monoisotopic (exact) mass is 304 g/mol. The van der Waals surface area contributed by atoms with Crippen molar-refractivity contribution < 1.29 is 4.42 Å². The minimum Gasteiger partial charge on any atom is -0.419 e. The molecule has 2 aromatic rings. The fraction of sp³-hybridized carbons (Fsp3) is 0.231. The molecule has 0 aliphatic heterocycles. The van der Waals surface area contributed by atoms with E-state index in [-0.39, 0.29) is 0 Å².